The lowest BCUT2D eigenvalue weighted by atomic mass is 9.91. The van der Waals surface area contributed by atoms with Gasteiger partial charge in [-0.3, -0.25) is 9.59 Å². The van der Waals surface area contributed by atoms with Gasteiger partial charge < -0.3 is 10.2 Å². The minimum atomic E-state index is -0.157. The highest BCUT2D eigenvalue weighted by Gasteiger charge is 2.25. The van der Waals surface area contributed by atoms with E-state index in [1.165, 1.54) is 0 Å². The summed E-state index contributed by atoms with van der Waals surface area (Å²) >= 11 is 6.20. The van der Waals surface area contributed by atoms with E-state index in [1.807, 2.05) is 37.4 Å². The molecule has 26 heavy (non-hydrogen) atoms. The van der Waals surface area contributed by atoms with Crippen LogP contribution in [0.1, 0.15) is 18.4 Å². The monoisotopic (exact) mass is 368 g/mol. The number of nitrogens with zero attached hydrogens (tertiary/aromatic N) is 1. The molecule has 1 amide bonds. The average molecular weight is 369 g/mol. The molecule has 0 fully saturated rings. The minimum absolute atomic E-state index is 0.157. The van der Waals surface area contributed by atoms with Crippen LogP contribution in [0.5, 0.6) is 0 Å². The van der Waals surface area contributed by atoms with Crippen LogP contribution in [0.15, 0.2) is 59.7 Å². The van der Waals surface area contributed by atoms with Gasteiger partial charge in [0.25, 0.3) is 0 Å². The fraction of sp³-hybridized carbons (Fsp3) is 0.238. The number of carbonyl (C=O) groups excluding carboxylic acids is 2. The van der Waals surface area contributed by atoms with Crippen LogP contribution in [0.2, 0.25) is 5.02 Å². The molecule has 0 aromatic heterocycles. The second-order valence-electron chi connectivity index (χ2n) is 6.27. The molecule has 1 aliphatic carbocycles. The van der Waals surface area contributed by atoms with Crippen LogP contribution in [0, 0.1) is 0 Å². The van der Waals surface area contributed by atoms with Gasteiger partial charge in [-0.2, -0.15) is 0 Å². The highest BCUT2D eigenvalue weighted by molar-refractivity contribution is 6.30. The number of aldehydes is 1. The summed E-state index contributed by atoms with van der Waals surface area (Å²) in [5.41, 5.74) is 4.88. The Bertz CT molecular complexity index is 836. The Morgan fingerprint density at radius 2 is 2.08 bits per heavy atom. The third-order valence-corrected chi connectivity index (χ3v) is 4.98. The molecule has 134 valence electrons. The number of hydrogen-bond donors (Lipinski definition) is 1. The molecule has 1 aromatic carbocycles. The van der Waals surface area contributed by atoms with Gasteiger partial charge in [0.1, 0.15) is 6.29 Å². The number of hydrogen-bond acceptors (Lipinski definition) is 3. The van der Waals surface area contributed by atoms with E-state index in [-0.39, 0.29) is 6.04 Å². The highest BCUT2D eigenvalue weighted by Crippen LogP contribution is 2.34. The first-order chi connectivity index (χ1) is 12.7. The predicted molar refractivity (Wildman–Crippen MR) is 106 cm³/mol. The molecule has 0 saturated carbocycles. The van der Waals surface area contributed by atoms with Crippen LogP contribution in [0.4, 0.5) is 5.69 Å². The van der Waals surface area contributed by atoms with Crippen LogP contribution < -0.4 is 5.32 Å². The summed E-state index contributed by atoms with van der Waals surface area (Å²) in [5.74, 6) is 0. The third-order valence-electron chi connectivity index (χ3n) is 4.74. The Balaban J connectivity index is 2.00. The van der Waals surface area contributed by atoms with Crippen LogP contribution >= 0.6 is 11.6 Å². The van der Waals surface area contributed by atoms with E-state index in [2.05, 4.69) is 17.5 Å². The Morgan fingerprint density at radius 3 is 2.81 bits per heavy atom. The van der Waals surface area contributed by atoms with Gasteiger partial charge in [0.05, 0.1) is 6.04 Å². The maximum absolute atomic E-state index is 11.6. The number of rotatable bonds is 5. The minimum Gasteiger partial charge on any atom is -0.388 e. The van der Waals surface area contributed by atoms with Crippen LogP contribution in [0.3, 0.4) is 0 Å². The second kappa shape index (κ2) is 8.19. The molecule has 5 heteroatoms. The van der Waals surface area contributed by atoms with Crippen molar-refractivity contribution in [2.24, 2.45) is 0 Å². The molecule has 4 nitrogen and oxygen atoms in total. The van der Waals surface area contributed by atoms with Gasteiger partial charge in [-0.1, -0.05) is 42.0 Å². The van der Waals surface area contributed by atoms with Crippen molar-refractivity contribution in [3.63, 3.8) is 0 Å². The molecule has 1 heterocycles. The number of allylic oxidation sites excluding steroid dienone is 4. The van der Waals surface area contributed by atoms with E-state index >= 15 is 0 Å². The smallest absolute Gasteiger partial charge is 0.210 e. The highest BCUT2D eigenvalue weighted by atomic mass is 35.5. The van der Waals surface area contributed by atoms with E-state index in [0.717, 1.165) is 41.5 Å². The summed E-state index contributed by atoms with van der Waals surface area (Å²) < 4.78 is 0. The fourth-order valence-electron chi connectivity index (χ4n) is 3.36. The third kappa shape index (κ3) is 3.81. The van der Waals surface area contributed by atoms with Crippen molar-refractivity contribution >= 4 is 35.6 Å². The SMILES string of the molecule is CNc1ccc(Cl)cc1C1=CC(C2=CCC=C(C=O)C=C2)N(C=O)CC1. The van der Waals surface area contributed by atoms with Gasteiger partial charge in [-0.05, 0) is 42.2 Å². The molecule has 1 aromatic rings. The topological polar surface area (TPSA) is 49.4 Å². The molecular weight excluding hydrogens is 348 g/mol. The molecule has 2 aliphatic rings. The first-order valence-corrected chi connectivity index (χ1v) is 8.97. The number of carbonyl (C=O) groups is 2. The predicted octanol–water partition coefficient (Wildman–Crippen LogP) is 4.01. The van der Waals surface area contributed by atoms with Gasteiger partial charge in [0.15, 0.2) is 0 Å². The average Bonchev–Trinajstić information content (AvgIpc) is 2.93. The molecule has 0 spiro atoms. The van der Waals surface area contributed by atoms with Crippen molar-refractivity contribution in [2.75, 3.05) is 18.9 Å². The molecule has 1 aliphatic heterocycles. The van der Waals surface area contributed by atoms with E-state index in [4.69, 9.17) is 11.6 Å². The molecule has 1 unspecified atom stereocenters. The number of nitrogens with one attached hydrogen (secondary N) is 1. The molecule has 1 atom stereocenters. The lowest BCUT2D eigenvalue weighted by Gasteiger charge is -2.33. The Morgan fingerprint density at radius 1 is 1.23 bits per heavy atom. The van der Waals surface area contributed by atoms with Crippen LogP contribution in [-0.2, 0) is 9.59 Å². The fourth-order valence-corrected chi connectivity index (χ4v) is 3.53. The Labute approximate surface area is 158 Å². The Hall–Kier alpha value is -2.59. The zero-order chi connectivity index (χ0) is 18.5. The second-order valence-corrected chi connectivity index (χ2v) is 6.70. The lowest BCUT2D eigenvalue weighted by molar-refractivity contribution is -0.119. The Kier molecular flexibility index (Phi) is 5.74. The molecule has 0 bridgehead atoms. The normalized spacial score (nSPS) is 19.8. The summed E-state index contributed by atoms with van der Waals surface area (Å²) in [4.78, 5) is 24.4. The largest absolute Gasteiger partial charge is 0.388 e. The van der Waals surface area contributed by atoms with Crippen molar-refractivity contribution < 1.29 is 9.59 Å². The summed E-state index contributed by atoms with van der Waals surface area (Å²) in [5, 5.41) is 3.89. The maximum Gasteiger partial charge on any atom is 0.210 e. The lowest BCUT2D eigenvalue weighted by Crippen LogP contribution is -2.37. The summed E-state index contributed by atoms with van der Waals surface area (Å²) in [6.45, 7) is 0.634. The van der Waals surface area contributed by atoms with Gasteiger partial charge in [-0.25, -0.2) is 0 Å². The van der Waals surface area contributed by atoms with Crippen molar-refractivity contribution in [1.82, 2.24) is 4.90 Å². The number of amides is 1. The number of anilines is 1. The summed E-state index contributed by atoms with van der Waals surface area (Å²) in [6.07, 6.45) is 12.9. The zero-order valence-corrected chi connectivity index (χ0v) is 15.4. The van der Waals surface area contributed by atoms with E-state index in [0.29, 0.717) is 23.6 Å². The van der Waals surface area contributed by atoms with Gasteiger partial charge in [0, 0.05) is 35.4 Å². The first kappa shape index (κ1) is 18.2. The number of halogens is 1. The maximum atomic E-state index is 11.6. The van der Waals surface area contributed by atoms with E-state index in [9.17, 15) is 9.59 Å². The van der Waals surface area contributed by atoms with E-state index in [1.54, 1.807) is 11.0 Å². The molecule has 0 radical (unpaired) electrons. The van der Waals surface area contributed by atoms with Crippen molar-refractivity contribution in [1.29, 1.82) is 0 Å². The zero-order valence-electron chi connectivity index (χ0n) is 14.6. The van der Waals surface area contributed by atoms with Gasteiger partial charge in [-0.15, -0.1) is 0 Å². The van der Waals surface area contributed by atoms with Crippen LogP contribution in [-0.4, -0.2) is 37.2 Å². The van der Waals surface area contributed by atoms with Crippen molar-refractivity contribution in [2.45, 2.75) is 18.9 Å². The first-order valence-electron chi connectivity index (χ1n) is 8.59. The number of benzene rings is 1. The van der Waals surface area contributed by atoms with Crippen molar-refractivity contribution in [3.8, 4) is 0 Å². The molecule has 0 saturated heterocycles. The summed E-state index contributed by atoms with van der Waals surface area (Å²) in [6, 6.07) is 5.62. The van der Waals surface area contributed by atoms with Gasteiger partial charge >= 0.3 is 0 Å². The molecule has 1 N–H and O–H groups in total. The quantitative estimate of drug-likeness (QED) is 0.799. The van der Waals surface area contributed by atoms with Gasteiger partial charge in [0.2, 0.25) is 6.41 Å². The molecular formula is C21H21ClN2O2. The summed E-state index contributed by atoms with van der Waals surface area (Å²) in [7, 11) is 1.88. The van der Waals surface area contributed by atoms with Crippen molar-refractivity contribution in [3.05, 3.63) is 70.3 Å². The van der Waals surface area contributed by atoms with Crippen LogP contribution in [0.25, 0.3) is 5.57 Å². The standard InChI is InChI=1S/C21H21ClN2O2/c1-23-20-8-7-18(22)12-19(20)17-9-10-24(14-26)21(11-17)16-4-2-3-15(13-25)5-6-16/h3-8,11-14,21,23H,2,9-10H2,1H3. The molecule has 3 rings (SSSR count). The van der Waals surface area contributed by atoms with E-state index < -0.39 is 0 Å².